The van der Waals surface area contributed by atoms with Gasteiger partial charge in [0.25, 0.3) is 5.56 Å². The zero-order valence-electron chi connectivity index (χ0n) is 13.5. The SMILES string of the molecule is COc1cc2c(cc1I)cc(C)c(=O)n2CCc1ccc(Cl)cc1. The summed E-state index contributed by atoms with van der Waals surface area (Å²) in [4.78, 5) is 12.6. The van der Waals surface area contributed by atoms with E-state index < -0.39 is 0 Å². The molecule has 3 nitrogen and oxygen atoms in total. The molecule has 0 saturated heterocycles. The third kappa shape index (κ3) is 3.44. The molecule has 0 radical (unpaired) electrons. The van der Waals surface area contributed by atoms with Crippen molar-refractivity contribution < 1.29 is 4.74 Å². The Hall–Kier alpha value is -1.53. The minimum absolute atomic E-state index is 0.0414. The highest BCUT2D eigenvalue weighted by Gasteiger charge is 2.10. The molecule has 0 fully saturated rings. The number of halogens is 2. The molecule has 0 bridgehead atoms. The van der Waals surface area contributed by atoms with E-state index in [1.54, 1.807) is 7.11 Å². The van der Waals surface area contributed by atoms with Gasteiger partial charge < -0.3 is 9.30 Å². The molecule has 0 N–H and O–H groups in total. The molecule has 0 amide bonds. The molecule has 3 aromatic rings. The van der Waals surface area contributed by atoms with E-state index in [4.69, 9.17) is 16.3 Å². The van der Waals surface area contributed by atoms with E-state index in [9.17, 15) is 4.79 Å². The largest absolute Gasteiger partial charge is 0.496 e. The van der Waals surface area contributed by atoms with Crippen LogP contribution >= 0.6 is 34.2 Å². The maximum Gasteiger partial charge on any atom is 0.253 e. The molecule has 0 aliphatic carbocycles. The number of ether oxygens (including phenoxy) is 1. The Balaban J connectivity index is 2.06. The Bertz CT molecular complexity index is 948. The van der Waals surface area contributed by atoms with Crippen LogP contribution in [-0.4, -0.2) is 11.7 Å². The number of hydrogen-bond donors (Lipinski definition) is 0. The van der Waals surface area contributed by atoms with Crippen LogP contribution in [0.2, 0.25) is 5.02 Å². The average Bonchev–Trinajstić information content (AvgIpc) is 2.57. The van der Waals surface area contributed by atoms with Crippen molar-refractivity contribution in [1.82, 2.24) is 4.57 Å². The summed E-state index contributed by atoms with van der Waals surface area (Å²) in [5, 5.41) is 1.77. The molecule has 0 atom stereocenters. The molecule has 0 spiro atoms. The lowest BCUT2D eigenvalue weighted by atomic mass is 10.1. The van der Waals surface area contributed by atoms with Crippen LogP contribution in [0.5, 0.6) is 5.75 Å². The third-order valence-electron chi connectivity index (χ3n) is 4.08. The molecule has 0 aliphatic heterocycles. The van der Waals surface area contributed by atoms with Crippen LogP contribution in [0.1, 0.15) is 11.1 Å². The second-order valence-corrected chi connectivity index (χ2v) is 7.30. The number of fused-ring (bicyclic) bond motifs is 1. The summed E-state index contributed by atoms with van der Waals surface area (Å²) < 4.78 is 8.28. The fraction of sp³-hybridized carbons (Fsp3) is 0.211. The first kappa shape index (κ1) is 17.3. The lowest BCUT2D eigenvalue weighted by Crippen LogP contribution is -2.23. The summed E-state index contributed by atoms with van der Waals surface area (Å²) in [6.45, 7) is 2.47. The molecule has 24 heavy (non-hydrogen) atoms. The van der Waals surface area contributed by atoms with Crippen molar-refractivity contribution in [2.24, 2.45) is 0 Å². The summed E-state index contributed by atoms with van der Waals surface area (Å²) in [7, 11) is 1.65. The maximum atomic E-state index is 12.6. The predicted molar refractivity (Wildman–Crippen MR) is 107 cm³/mol. The van der Waals surface area contributed by atoms with Crippen LogP contribution in [0, 0.1) is 10.5 Å². The summed E-state index contributed by atoms with van der Waals surface area (Å²) in [5.74, 6) is 0.784. The van der Waals surface area contributed by atoms with Crippen molar-refractivity contribution >= 4 is 45.1 Å². The average molecular weight is 454 g/mol. The topological polar surface area (TPSA) is 31.2 Å². The van der Waals surface area contributed by atoms with Gasteiger partial charge in [0, 0.05) is 28.6 Å². The quantitative estimate of drug-likeness (QED) is 0.531. The van der Waals surface area contributed by atoms with E-state index in [1.807, 2.05) is 47.9 Å². The number of aromatic nitrogens is 1. The Kier molecular flexibility index (Phi) is 5.15. The molecule has 1 heterocycles. The number of rotatable bonds is 4. The van der Waals surface area contributed by atoms with Gasteiger partial charge in [-0.05, 0) is 65.8 Å². The van der Waals surface area contributed by atoms with E-state index in [0.29, 0.717) is 6.54 Å². The van der Waals surface area contributed by atoms with Crippen LogP contribution in [0.25, 0.3) is 10.9 Å². The number of pyridine rings is 1. The van der Waals surface area contributed by atoms with Crippen molar-refractivity contribution in [3.8, 4) is 5.75 Å². The first-order valence-electron chi connectivity index (χ1n) is 7.61. The predicted octanol–water partition coefficient (Wildman–Crippen LogP) is 4.82. The summed E-state index contributed by atoms with van der Waals surface area (Å²) in [5.41, 5.74) is 2.84. The number of methoxy groups -OCH3 is 1. The van der Waals surface area contributed by atoms with Gasteiger partial charge in [-0.15, -0.1) is 0 Å². The highest BCUT2D eigenvalue weighted by Crippen LogP contribution is 2.27. The van der Waals surface area contributed by atoms with Gasteiger partial charge in [-0.3, -0.25) is 4.79 Å². The Morgan fingerprint density at radius 1 is 1.17 bits per heavy atom. The monoisotopic (exact) mass is 453 g/mol. The van der Waals surface area contributed by atoms with E-state index in [0.717, 1.165) is 42.8 Å². The lowest BCUT2D eigenvalue weighted by molar-refractivity contribution is 0.412. The van der Waals surface area contributed by atoms with Gasteiger partial charge in [0.15, 0.2) is 0 Å². The van der Waals surface area contributed by atoms with Crippen molar-refractivity contribution in [1.29, 1.82) is 0 Å². The van der Waals surface area contributed by atoms with Crippen molar-refractivity contribution in [3.05, 3.63) is 72.5 Å². The number of hydrogen-bond acceptors (Lipinski definition) is 2. The van der Waals surface area contributed by atoms with Gasteiger partial charge in [0.1, 0.15) is 5.75 Å². The fourth-order valence-corrected chi connectivity index (χ4v) is 3.63. The van der Waals surface area contributed by atoms with Crippen LogP contribution in [0.15, 0.2) is 47.3 Å². The van der Waals surface area contributed by atoms with E-state index >= 15 is 0 Å². The minimum Gasteiger partial charge on any atom is -0.496 e. The maximum absolute atomic E-state index is 12.6. The molecule has 0 aliphatic rings. The van der Waals surface area contributed by atoms with Crippen molar-refractivity contribution in [3.63, 3.8) is 0 Å². The van der Waals surface area contributed by atoms with Crippen LogP contribution in [-0.2, 0) is 13.0 Å². The first-order chi connectivity index (χ1) is 11.5. The lowest BCUT2D eigenvalue weighted by Gasteiger charge is -2.14. The normalized spacial score (nSPS) is 11.0. The van der Waals surface area contributed by atoms with Crippen LogP contribution < -0.4 is 10.3 Å². The van der Waals surface area contributed by atoms with Gasteiger partial charge >= 0.3 is 0 Å². The molecule has 0 unspecified atom stereocenters. The molecule has 3 rings (SSSR count). The molecule has 0 saturated carbocycles. The number of aryl methyl sites for hydroxylation is 3. The highest BCUT2D eigenvalue weighted by atomic mass is 127. The third-order valence-corrected chi connectivity index (χ3v) is 5.18. The van der Waals surface area contributed by atoms with E-state index in [-0.39, 0.29) is 5.56 Å². The van der Waals surface area contributed by atoms with Gasteiger partial charge in [0.05, 0.1) is 16.2 Å². The standard InChI is InChI=1S/C19H17ClINO2/c1-12-9-14-10-16(21)18(24-2)11-17(14)22(19(12)23)8-7-13-3-5-15(20)6-4-13/h3-6,9-11H,7-8H2,1-2H3. The van der Waals surface area contributed by atoms with Gasteiger partial charge in [-0.25, -0.2) is 0 Å². The summed E-state index contributed by atoms with van der Waals surface area (Å²) in [6.07, 6.45) is 0.768. The fourth-order valence-electron chi connectivity index (χ4n) is 2.80. The van der Waals surface area contributed by atoms with Crippen LogP contribution in [0.3, 0.4) is 0 Å². The van der Waals surface area contributed by atoms with Gasteiger partial charge in [0.2, 0.25) is 0 Å². The molecular formula is C19H17ClINO2. The minimum atomic E-state index is 0.0414. The Morgan fingerprint density at radius 3 is 2.54 bits per heavy atom. The van der Waals surface area contributed by atoms with E-state index in [1.165, 1.54) is 0 Å². The summed E-state index contributed by atoms with van der Waals surface area (Å²) >= 11 is 8.18. The number of nitrogens with zero attached hydrogens (tertiary/aromatic N) is 1. The smallest absolute Gasteiger partial charge is 0.253 e. The number of benzene rings is 2. The second-order valence-electron chi connectivity index (χ2n) is 5.71. The zero-order chi connectivity index (χ0) is 17.3. The van der Waals surface area contributed by atoms with Crippen molar-refractivity contribution in [2.45, 2.75) is 19.9 Å². The molecule has 5 heteroatoms. The zero-order valence-corrected chi connectivity index (χ0v) is 16.4. The highest BCUT2D eigenvalue weighted by molar-refractivity contribution is 14.1. The molecular weight excluding hydrogens is 437 g/mol. The summed E-state index contributed by atoms with van der Waals surface area (Å²) in [6, 6.07) is 13.7. The first-order valence-corrected chi connectivity index (χ1v) is 9.07. The Labute approximate surface area is 159 Å². The van der Waals surface area contributed by atoms with Crippen molar-refractivity contribution in [2.75, 3.05) is 7.11 Å². The Morgan fingerprint density at radius 2 is 1.88 bits per heavy atom. The molecule has 2 aromatic carbocycles. The van der Waals surface area contributed by atoms with E-state index in [2.05, 4.69) is 28.7 Å². The van der Waals surface area contributed by atoms with Crippen LogP contribution in [0.4, 0.5) is 0 Å². The van der Waals surface area contributed by atoms with Gasteiger partial charge in [-0.1, -0.05) is 23.7 Å². The molecule has 1 aromatic heterocycles. The molecule has 124 valence electrons. The van der Waals surface area contributed by atoms with Gasteiger partial charge in [-0.2, -0.15) is 0 Å². The second kappa shape index (κ2) is 7.15.